The second-order valence-corrected chi connectivity index (χ2v) is 2.38. The first-order chi connectivity index (χ1) is 6.33. The molecule has 1 heterocycles. The number of rotatable bonds is 2. The maximum absolute atomic E-state index is 7.98. The van der Waals surface area contributed by atoms with Crippen LogP contribution in [0.2, 0.25) is 0 Å². The van der Waals surface area contributed by atoms with Gasteiger partial charge in [-0.2, -0.15) is 5.10 Å². The van der Waals surface area contributed by atoms with Crippen molar-refractivity contribution in [3.8, 4) is 11.8 Å². The van der Waals surface area contributed by atoms with E-state index in [0.29, 0.717) is 13.0 Å². The lowest BCUT2D eigenvalue weighted by Gasteiger charge is -1.81. The smallest absolute Gasteiger partial charge is 0.135 e. The minimum atomic E-state index is 0.413. The van der Waals surface area contributed by atoms with Gasteiger partial charge in [-0.1, -0.05) is 11.0 Å². The summed E-state index contributed by atoms with van der Waals surface area (Å²) >= 11 is 0. The standard InChI is InChI=1S/C8H9N5/c1-13-7-5-8(11-13)4-2-3-6-10-12-9/h5,7H,3,6H2,1H3. The second-order valence-electron chi connectivity index (χ2n) is 2.38. The molecule has 0 bridgehead atoms. The molecule has 0 aliphatic rings. The van der Waals surface area contributed by atoms with Crippen molar-refractivity contribution in [3.63, 3.8) is 0 Å². The van der Waals surface area contributed by atoms with Crippen molar-refractivity contribution < 1.29 is 0 Å². The first-order valence-corrected chi connectivity index (χ1v) is 3.82. The molecule has 0 aliphatic heterocycles. The van der Waals surface area contributed by atoms with Crippen molar-refractivity contribution in [1.82, 2.24) is 9.78 Å². The fourth-order valence-corrected chi connectivity index (χ4v) is 0.785. The molecule has 0 radical (unpaired) electrons. The molecule has 1 aromatic rings. The van der Waals surface area contributed by atoms with Crippen molar-refractivity contribution >= 4 is 0 Å². The van der Waals surface area contributed by atoms with E-state index >= 15 is 0 Å². The molecule has 0 spiro atoms. The minimum Gasteiger partial charge on any atom is -0.275 e. The summed E-state index contributed by atoms with van der Waals surface area (Å²) in [4.78, 5) is 2.62. The van der Waals surface area contributed by atoms with Crippen LogP contribution in [0.3, 0.4) is 0 Å². The van der Waals surface area contributed by atoms with E-state index in [-0.39, 0.29) is 0 Å². The van der Waals surface area contributed by atoms with Gasteiger partial charge in [-0.15, -0.1) is 0 Å². The average Bonchev–Trinajstić information content (AvgIpc) is 2.51. The zero-order chi connectivity index (χ0) is 9.52. The fraction of sp³-hybridized carbons (Fsp3) is 0.375. The summed E-state index contributed by atoms with van der Waals surface area (Å²) in [6.07, 6.45) is 2.40. The lowest BCUT2D eigenvalue weighted by atomic mass is 10.4. The van der Waals surface area contributed by atoms with Gasteiger partial charge in [-0.3, -0.25) is 4.68 Å². The predicted octanol–water partition coefficient (Wildman–Crippen LogP) is 1.47. The summed E-state index contributed by atoms with van der Waals surface area (Å²) in [6, 6.07) is 1.83. The molecular weight excluding hydrogens is 166 g/mol. The second kappa shape index (κ2) is 4.86. The number of nitrogens with zero attached hydrogens (tertiary/aromatic N) is 5. The number of aromatic nitrogens is 2. The van der Waals surface area contributed by atoms with E-state index in [9.17, 15) is 0 Å². The molecule has 0 fully saturated rings. The zero-order valence-corrected chi connectivity index (χ0v) is 7.30. The number of azide groups is 1. The van der Waals surface area contributed by atoms with Crippen LogP contribution in [0.25, 0.3) is 10.4 Å². The fourth-order valence-electron chi connectivity index (χ4n) is 0.785. The maximum Gasteiger partial charge on any atom is 0.135 e. The predicted molar refractivity (Wildman–Crippen MR) is 48.7 cm³/mol. The lowest BCUT2D eigenvalue weighted by molar-refractivity contribution is 0.764. The highest BCUT2D eigenvalue weighted by molar-refractivity contribution is 5.25. The molecule has 0 N–H and O–H groups in total. The Hall–Kier alpha value is -1.92. The van der Waals surface area contributed by atoms with Crippen LogP contribution in [0, 0.1) is 11.8 Å². The third-order valence-corrected chi connectivity index (χ3v) is 1.33. The van der Waals surface area contributed by atoms with E-state index in [1.165, 1.54) is 0 Å². The van der Waals surface area contributed by atoms with Gasteiger partial charge >= 0.3 is 0 Å². The maximum atomic E-state index is 7.98. The molecule has 0 atom stereocenters. The Balaban J connectivity index is 2.43. The molecule has 0 amide bonds. The molecule has 0 saturated heterocycles. The number of aryl methyl sites for hydroxylation is 1. The van der Waals surface area contributed by atoms with Crippen LogP contribution in [0.5, 0.6) is 0 Å². The first-order valence-electron chi connectivity index (χ1n) is 3.82. The van der Waals surface area contributed by atoms with Crippen molar-refractivity contribution in [2.24, 2.45) is 12.2 Å². The summed E-state index contributed by atoms with van der Waals surface area (Å²) in [7, 11) is 1.84. The monoisotopic (exact) mass is 175 g/mol. The number of hydrogen-bond donors (Lipinski definition) is 0. The molecule has 0 saturated carbocycles. The molecule has 66 valence electrons. The summed E-state index contributed by atoms with van der Waals surface area (Å²) in [6.45, 7) is 0.413. The van der Waals surface area contributed by atoms with Gasteiger partial charge in [0.05, 0.1) is 0 Å². The van der Waals surface area contributed by atoms with E-state index in [1.807, 2.05) is 19.3 Å². The van der Waals surface area contributed by atoms with Gasteiger partial charge < -0.3 is 0 Å². The van der Waals surface area contributed by atoms with Crippen molar-refractivity contribution in [1.29, 1.82) is 0 Å². The Kier molecular flexibility index (Phi) is 3.43. The number of hydrogen-bond acceptors (Lipinski definition) is 2. The minimum absolute atomic E-state index is 0.413. The van der Waals surface area contributed by atoms with E-state index in [2.05, 4.69) is 27.0 Å². The van der Waals surface area contributed by atoms with Crippen LogP contribution in [0.1, 0.15) is 12.1 Å². The van der Waals surface area contributed by atoms with Gasteiger partial charge in [-0.25, -0.2) is 0 Å². The molecule has 0 aliphatic carbocycles. The Bertz CT molecular complexity index is 375. The molecule has 5 nitrogen and oxygen atoms in total. The van der Waals surface area contributed by atoms with Crippen LogP contribution in [-0.2, 0) is 7.05 Å². The highest BCUT2D eigenvalue weighted by Gasteiger charge is 1.87. The van der Waals surface area contributed by atoms with Crippen molar-refractivity contribution in [3.05, 3.63) is 28.4 Å². The molecule has 0 unspecified atom stereocenters. The van der Waals surface area contributed by atoms with E-state index in [4.69, 9.17) is 5.53 Å². The molecule has 13 heavy (non-hydrogen) atoms. The summed E-state index contributed by atoms with van der Waals surface area (Å²) in [5.41, 5.74) is 8.72. The van der Waals surface area contributed by atoms with Gasteiger partial charge in [0.2, 0.25) is 0 Å². The quantitative estimate of drug-likeness (QED) is 0.220. The Morgan fingerprint density at radius 2 is 2.62 bits per heavy atom. The normalized spacial score (nSPS) is 8.38. The average molecular weight is 175 g/mol. The van der Waals surface area contributed by atoms with E-state index in [0.717, 1.165) is 5.69 Å². The summed E-state index contributed by atoms with van der Waals surface area (Å²) < 4.78 is 1.69. The lowest BCUT2D eigenvalue weighted by Crippen LogP contribution is -1.87. The van der Waals surface area contributed by atoms with Gasteiger partial charge in [0.1, 0.15) is 5.69 Å². The van der Waals surface area contributed by atoms with Crippen LogP contribution >= 0.6 is 0 Å². The van der Waals surface area contributed by atoms with E-state index in [1.54, 1.807) is 4.68 Å². The van der Waals surface area contributed by atoms with Crippen molar-refractivity contribution in [2.45, 2.75) is 6.42 Å². The molecule has 1 rings (SSSR count). The van der Waals surface area contributed by atoms with Crippen LogP contribution < -0.4 is 0 Å². The Morgan fingerprint density at radius 3 is 3.23 bits per heavy atom. The third-order valence-electron chi connectivity index (χ3n) is 1.33. The Morgan fingerprint density at radius 1 is 1.77 bits per heavy atom. The molecule has 1 aromatic heterocycles. The highest BCUT2D eigenvalue weighted by Crippen LogP contribution is 1.90. The molecule has 0 aromatic carbocycles. The third kappa shape index (κ3) is 3.32. The van der Waals surface area contributed by atoms with Crippen LogP contribution in [0.15, 0.2) is 17.4 Å². The van der Waals surface area contributed by atoms with Crippen LogP contribution in [0.4, 0.5) is 0 Å². The van der Waals surface area contributed by atoms with Gasteiger partial charge in [0.15, 0.2) is 0 Å². The largest absolute Gasteiger partial charge is 0.275 e. The zero-order valence-electron chi connectivity index (χ0n) is 7.30. The summed E-state index contributed by atoms with van der Waals surface area (Å²) in [5, 5.41) is 7.43. The molecule has 5 heteroatoms. The SMILES string of the molecule is Cn1ccc(C#CCCN=[N+]=[N-])n1. The summed E-state index contributed by atoms with van der Waals surface area (Å²) in [5.74, 6) is 5.72. The first kappa shape index (κ1) is 9.17. The topological polar surface area (TPSA) is 66.6 Å². The Labute approximate surface area is 76.0 Å². The van der Waals surface area contributed by atoms with E-state index < -0.39 is 0 Å². The molecular formula is C8H9N5. The van der Waals surface area contributed by atoms with Crippen LogP contribution in [-0.4, -0.2) is 16.3 Å². The van der Waals surface area contributed by atoms with Gasteiger partial charge in [0.25, 0.3) is 0 Å². The highest BCUT2D eigenvalue weighted by atomic mass is 15.2. The van der Waals surface area contributed by atoms with Gasteiger partial charge in [0, 0.05) is 31.1 Å². The van der Waals surface area contributed by atoms with Gasteiger partial charge in [-0.05, 0) is 17.5 Å². The van der Waals surface area contributed by atoms with Crippen molar-refractivity contribution in [2.75, 3.05) is 6.54 Å².